The lowest BCUT2D eigenvalue weighted by Crippen LogP contribution is -2.59. The van der Waals surface area contributed by atoms with Gasteiger partial charge in [0.15, 0.2) is 0 Å². The number of rotatable bonds is 5. The van der Waals surface area contributed by atoms with Crippen LogP contribution in [0.5, 0.6) is 0 Å². The number of piperidine rings is 1. The summed E-state index contributed by atoms with van der Waals surface area (Å²) in [6.07, 6.45) is 9.08. The highest BCUT2D eigenvalue weighted by Crippen LogP contribution is 2.32. The van der Waals surface area contributed by atoms with Gasteiger partial charge in [-0.3, -0.25) is 0 Å². The molecule has 1 N–H and O–H groups in total. The predicted molar refractivity (Wildman–Crippen MR) is 96.6 cm³/mol. The largest absolute Gasteiger partial charge is 0.380 e. The molecule has 0 aromatic rings. The van der Waals surface area contributed by atoms with Crippen LogP contribution in [0.15, 0.2) is 0 Å². The molecule has 2 rings (SSSR count). The molecule has 0 saturated carbocycles. The van der Waals surface area contributed by atoms with E-state index < -0.39 is 0 Å². The van der Waals surface area contributed by atoms with Crippen molar-refractivity contribution in [3.05, 3.63) is 0 Å². The van der Waals surface area contributed by atoms with E-state index in [1.165, 1.54) is 25.7 Å². The maximum atomic E-state index is 6.42. The third kappa shape index (κ3) is 5.62. The van der Waals surface area contributed by atoms with Gasteiger partial charge in [-0.05, 0) is 79.6 Å². The van der Waals surface area contributed by atoms with Crippen molar-refractivity contribution >= 4 is 10.2 Å². The van der Waals surface area contributed by atoms with Crippen molar-refractivity contribution in [2.24, 2.45) is 0 Å². The molecular weight excluding hydrogens is 290 g/mol. The molecule has 3 nitrogen and oxygen atoms in total. The van der Waals surface area contributed by atoms with E-state index in [2.05, 4.69) is 39.9 Å². The van der Waals surface area contributed by atoms with Crippen LogP contribution in [-0.4, -0.2) is 45.4 Å². The first-order chi connectivity index (χ1) is 10.1. The maximum absolute atomic E-state index is 6.42. The zero-order valence-electron chi connectivity index (χ0n) is 15.6. The van der Waals surface area contributed by atoms with Crippen LogP contribution >= 0.6 is 0 Å². The van der Waals surface area contributed by atoms with E-state index in [0.717, 1.165) is 36.1 Å². The topological polar surface area (TPSA) is 30.5 Å². The van der Waals surface area contributed by atoms with Crippen molar-refractivity contribution in [2.45, 2.75) is 108 Å². The molecule has 4 heteroatoms. The minimum Gasteiger partial charge on any atom is -0.380 e. The lowest BCUT2D eigenvalue weighted by atomic mass is 9.81. The second-order valence-electron chi connectivity index (χ2n) is 9.16. The monoisotopic (exact) mass is 327 g/mol. The van der Waals surface area contributed by atoms with E-state index in [1.54, 1.807) is 0 Å². The molecular formula is C18H37NO2Si. The zero-order valence-corrected chi connectivity index (χ0v) is 17.6. The molecule has 0 aromatic carbocycles. The minimum atomic E-state index is 0.164. The minimum absolute atomic E-state index is 0.164. The van der Waals surface area contributed by atoms with Crippen LogP contribution in [0.4, 0.5) is 0 Å². The Balaban J connectivity index is 1.80. The quantitative estimate of drug-likeness (QED) is 0.788. The van der Waals surface area contributed by atoms with Crippen molar-refractivity contribution in [3.63, 3.8) is 0 Å². The molecule has 0 spiro atoms. The second kappa shape index (κ2) is 6.92. The fraction of sp³-hybridized carbons (Fsp3) is 1.00. The van der Waals surface area contributed by atoms with Crippen molar-refractivity contribution in [1.82, 2.24) is 5.32 Å². The molecule has 2 heterocycles. The zero-order chi connectivity index (χ0) is 16.4. The second-order valence-corrected chi connectivity index (χ2v) is 11.0. The van der Waals surface area contributed by atoms with Crippen LogP contribution in [0.25, 0.3) is 0 Å². The summed E-state index contributed by atoms with van der Waals surface area (Å²) in [6, 6.07) is 0. The Hall–Kier alpha value is 0.0969. The Bertz CT molecular complexity index is 348. The summed E-state index contributed by atoms with van der Waals surface area (Å²) in [4.78, 5) is 0. The molecule has 0 amide bonds. The van der Waals surface area contributed by atoms with E-state index in [0.29, 0.717) is 12.2 Å². The Morgan fingerprint density at radius 1 is 1.18 bits per heavy atom. The van der Waals surface area contributed by atoms with Gasteiger partial charge < -0.3 is 14.8 Å². The Labute approximate surface area is 140 Å². The van der Waals surface area contributed by atoms with Gasteiger partial charge in [0, 0.05) is 33.2 Å². The van der Waals surface area contributed by atoms with E-state index in [4.69, 9.17) is 9.47 Å². The van der Waals surface area contributed by atoms with Crippen molar-refractivity contribution in [1.29, 1.82) is 0 Å². The SMILES string of the molecule is CC(CCC1([SiH3])CCCCO1)OC1CC(C)(C)NC(C)(C)C1. The van der Waals surface area contributed by atoms with Gasteiger partial charge >= 0.3 is 0 Å². The van der Waals surface area contributed by atoms with Gasteiger partial charge in [-0.1, -0.05) is 0 Å². The average molecular weight is 328 g/mol. The van der Waals surface area contributed by atoms with Crippen LogP contribution in [0.2, 0.25) is 0 Å². The van der Waals surface area contributed by atoms with Crippen LogP contribution in [-0.2, 0) is 9.47 Å². The van der Waals surface area contributed by atoms with E-state index >= 15 is 0 Å². The fourth-order valence-electron chi connectivity index (χ4n) is 4.42. The van der Waals surface area contributed by atoms with Gasteiger partial charge in [-0.2, -0.15) is 0 Å². The summed E-state index contributed by atoms with van der Waals surface area (Å²) in [5, 5.41) is 3.96. The summed E-state index contributed by atoms with van der Waals surface area (Å²) in [6.45, 7) is 12.4. The molecule has 0 bridgehead atoms. The fourth-order valence-corrected chi connectivity index (χ4v) is 5.27. The molecule has 2 saturated heterocycles. The van der Waals surface area contributed by atoms with Gasteiger partial charge in [0.1, 0.15) is 0 Å². The number of hydrogen-bond acceptors (Lipinski definition) is 3. The molecule has 0 aliphatic carbocycles. The predicted octanol–water partition coefficient (Wildman–Crippen LogP) is 2.74. The van der Waals surface area contributed by atoms with Crippen LogP contribution in [0.3, 0.4) is 0 Å². The summed E-state index contributed by atoms with van der Waals surface area (Å²) >= 11 is 0. The van der Waals surface area contributed by atoms with Gasteiger partial charge in [-0.25, -0.2) is 0 Å². The molecule has 2 aliphatic heterocycles. The van der Waals surface area contributed by atoms with Crippen LogP contribution in [0.1, 0.15) is 79.6 Å². The highest BCUT2D eigenvalue weighted by molar-refractivity contribution is 6.14. The first-order valence-corrected chi connectivity index (χ1v) is 10.2. The van der Waals surface area contributed by atoms with Crippen LogP contribution < -0.4 is 5.32 Å². The van der Waals surface area contributed by atoms with Gasteiger partial charge in [-0.15, -0.1) is 0 Å². The molecule has 0 aromatic heterocycles. The lowest BCUT2D eigenvalue weighted by molar-refractivity contribution is -0.0733. The number of hydrogen-bond donors (Lipinski definition) is 1. The summed E-state index contributed by atoms with van der Waals surface area (Å²) in [7, 11) is 1.14. The maximum Gasteiger partial charge on any atom is 0.0613 e. The Morgan fingerprint density at radius 3 is 2.36 bits per heavy atom. The van der Waals surface area contributed by atoms with Crippen molar-refractivity contribution in [3.8, 4) is 0 Å². The first kappa shape index (κ1) is 18.4. The third-order valence-corrected chi connectivity index (χ3v) is 6.50. The van der Waals surface area contributed by atoms with Crippen molar-refractivity contribution in [2.75, 3.05) is 6.61 Å². The van der Waals surface area contributed by atoms with Crippen molar-refractivity contribution < 1.29 is 9.47 Å². The standard InChI is InChI=1S/C18H37NO2Si/c1-14(8-10-18(22)9-6-7-11-20-18)21-15-12-16(2,3)19-17(4,5)13-15/h14-15,19H,6-13H2,1-5,22H3. The highest BCUT2D eigenvalue weighted by atomic mass is 28.1. The van der Waals surface area contributed by atoms with E-state index in [1.807, 2.05) is 0 Å². The van der Waals surface area contributed by atoms with Gasteiger partial charge in [0.25, 0.3) is 0 Å². The van der Waals surface area contributed by atoms with E-state index in [9.17, 15) is 0 Å². The molecule has 2 fully saturated rings. The normalized spacial score (nSPS) is 33.7. The molecule has 2 aliphatic rings. The summed E-state index contributed by atoms with van der Waals surface area (Å²) in [5.74, 6) is 0. The van der Waals surface area contributed by atoms with E-state index in [-0.39, 0.29) is 16.3 Å². The highest BCUT2D eigenvalue weighted by Gasteiger charge is 2.38. The molecule has 2 unspecified atom stereocenters. The molecule has 22 heavy (non-hydrogen) atoms. The third-order valence-electron chi connectivity index (χ3n) is 5.21. The smallest absolute Gasteiger partial charge is 0.0613 e. The summed E-state index contributed by atoms with van der Waals surface area (Å²) < 4.78 is 12.5. The number of ether oxygens (including phenoxy) is 2. The first-order valence-electron chi connectivity index (χ1n) is 9.18. The molecule has 130 valence electrons. The number of nitrogens with one attached hydrogen (secondary N) is 1. The Kier molecular flexibility index (Phi) is 5.80. The Morgan fingerprint density at radius 2 is 1.82 bits per heavy atom. The van der Waals surface area contributed by atoms with Gasteiger partial charge in [0.2, 0.25) is 0 Å². The van der Waals surface area contributed by atoms with Crippen LogP contribution in [0, 0.1) is 0 Å². The average Bonchev–Trinajstić information content (AvgIpc) is 2.33. The lowest BCUT2D eigenvalue weighted by Gasteiger charge is -2.47. The summed E-state index contributed by atoms with van der Waals surface area (Å²) in [5.41, 5.74) is 0.328. The molecule has 2 atom stereocenters. The molecule has 0 radical (unpaired) electrons. The van der Waals surface area contributed by atoms with Gasteiger partial charge in [0.05, 0.1) is 12.2 Å².